The molecule has 10 rings (SSSR count). The topological polar surface area (TPSA) is 8.17 Å². The van der Waals surface area contributed by atoms with E-state index in [0.29, 0.717) is 0 Å². The summed E-state index contributed by atoms with van der Waals surface area (Å²) in [5.74, 6) is 0. The van der Waals surface area contributed by atoms with Crippen molar-refractivity contribution in [3.8, 4) is 16.8 Å². The molecular weight excluding hydrogens is 593 g/mol. The monoisotopic (exact) mass is 626 g/mol. The molecule has 2 heteroatoms. The summed E-state index contributed by atoms with van der Waals surface area (Å²) in [6.45, 7) is 4.77. The maximum Gasteiger partial charge on any atom is 0.0625 e. The van der Waals surface area contributed by atoms with E-state index in [1.165, 1.54) is 71.3 Å². The lowest BCUT2D eigenvalue weighted by molar-refractivity contribution is 0.660. The molecule has 49 heavy (non-hydrogen) atoms. The Bertz CT molecular complexity index is 2700. The summed E-state index contributed by atoms with van der Waals surface area (Å²) >= 11 is 0. The molecule has 0 saturated heterocycles. The molecule has 0 unspecified atom stereocenters. The molecule has 0 atom stereocenters. The molecule has 0 N–H and O–H groups in total. The van der Waals surface area contributed by atoms with Crippen molar-refractivity contribution in [1.29, 1.82) is 0 Å². The van der Waals surface area contributed by atoms with Crippen molar-refractivity contribution in [2.75, 3.05) is 4.90 Å². The van der Waals surface area contributed by atoms with Crippen LogP contribution in [0.5, 0.6) is 0 Å². The van der Waals surface area contributed by atoms with Gasteiger partial charge in [0.25, 0.3) is 0 Å². The van der Waals surface area contributed by atoms with Crippen molar-refractivity contribution >= 4 is 60.4 Å². The molecule has 0 saturated carbocycles. The van der Waals surface area contributed by atoms with Gasteiger partial charge < -0.3 is 9.47 Å². The third-order valence-electron chi connectivity index (χ3n) is 10.7. The van der Waals surface area contributed by atoms with Gasteiger partial charge in [0, 0.05) is 44.3 Å². The Hall–Kier alpha value is -6.12. The van der Waals surface area contributed by atoms with Crippen molar-refractivity contribution in [3.05, 3.63) is 181 Å². The molecule has 0 fully saturated rings. The highest BCUT2D eigenvalue weighted by atomic mass is 15.1. The minimum absolute atomic E-state index is 0.191. The van der Waals surface area contributed by atoms with Gasteiger partial charge in [0.15, 0.2) is 0 Å². The summed E-state index contributed by atoms with van der Waals surface area (Å²) in [4.78, 5) is 2.36. The molecule has 1 aliphatic carbocycles. The summed E-state index contributed by atoms with van der Waals surface area (Å²) in [7, 11) is 0. The molecule has 9 aromatic rings. The molecule has 0 amide bonds. The Kier molecular flexibility index (Phi) is 5.95. The van der Waals surface area contributed by atoms with Gasteiger partial charge in [0.2, 0.25) is 0 Å². The van der Waals surface area contributed by atoms with E-state index in [1.807, 2.05) is 0 Å². The van der Waals surface area contributed by atoms with Crippen LogP contribution in [0.2, 0.25) is 0 Å². The first-order valence-electron chi connectivity index (χ1n) is 17.1. The molecule has 0 radical (unpaired) electrons. The summed E-state index contributed by atoms with van der Waals surface area (Å²) in [5.41, 5.74) is 12.3. The van der Waals surface area contributed by atoms with Crippen molar-refractivity contribution in [3.63, 3.8) is 0 Å². The minimum atomic E-state index is -0.191. The summed E-state index contributed by atoms with van der Waals surface area (Å²) in [5, 5.41) is 7.77. The van der Waals surface area contributed by atoms with E-state index in [0.717, 1.165) is 17.1 Å². The van der Waals surface area contributed by atoms with Gasteiger partial charge in [-0.2, -0.15) is 0 Å². The number of hydrogen-bond acceptors (Lipinski definition) is 1. The molecule has 2 nitrogen and oxygen atoms in total. The Balaban J connectivity index is 1.19. The fourth-order valence-electron chi connectivity index (χ4n) is 8.49. The van der Waals surface area contributed by atoms with Gasteiger partial charge in [-0.05, 0) is 93.0 Å². The number of hydrogen-bond donors (Lipinski definition) is 0. The molecule has 0 bridgehead atoms. The number of anilines is 3. The van der Waals surface area contributed by atoms with E-state index < -0.39 is 0 Å². The number of benzene rings is 8. The van der Waals surface area contributed by atoms with Crippen LogP contribution in [-0.4, -0.2) is 4.57 Å². The third kappa shape index (κ3) is 4.01. The fourth-order valence-corrected chi connectivity index (χ4v) is 8.49. The first-order chi connectivity index (χ1) is 24.1. The van der Waals surface area contributed by atoms with Gasteiger partial charge in [-0.25, -0.2) is 0 Å². The second-order valence-corrected chi connectivity index (χ2v) is 13.8. The van der Waals surface area contributed by atoms with E-state index in [-0.39, 0.29) is 5.41 Å². The molecule has 8 aromatic carbocycles. The Morgan fingerprint density at radius 1 is 0.429 bits per heavy atom. The van der Waals surface area contributed by atoms with Crippen molar-refractivity contribution in [2.24, 2.45) is 0 Å². The highest BCUT2D eigenvalue weighted by Crippen LogP contribution is 2.52. The van der Waals surface area contributed by atoms with E-state index in [4.69, 9.17) is 0 Å². The predicted octanol–water partition coefficient (Wildman–Crippen LogP) is 12.9. The molecule has 0 aliphatic heterocycles. The standard InChI is InChI=1S/C47H34N2/c1-47(2)42-29-33(48(31-15-5-3-6-16-31)32-17-7-4-8-18-32)25-27-37(42)38-28-26-34(30-43(38)47)49-44-24-14-13-23-41(44)45-39-21-11-9-19-35(39)36-20-10-12-22-40(36)46(45)49/h3-30H,1-2H3. The van der Waals surface area contributed by atoms with Crippen LogP contribution in [0.1, 0.15) is 25.0 Å². The van der Waals surface area contributed by atoms with Crippen LogP contribution in [0.15, 0.2) is 170 Å². The second kappa shape index (κ2) is 10.4. The molecule has 1 heterocycles. The Morgan fingerprint density at radius 3 is 1.61 bits per heavy atom. The number of fused-ring (bicyclic) bond motifs is 11. The van der Waals surface area contributed by atoms with Crippen LogP contribution in [-0.2, 0) is 5.41 Å². The Labute approximate surface area is 286 Å². The lowest BCUT2D eigenvalue weighted by Crippen LogP contribution is -2.17. The van der Waals surface area contributed by atoms with Gasteiger partial charge in [0.05, 0.1) is 11.0 Å². The van der Waals surface area contributed by atoms with E-state index in [1.54, 1.807) is 0 Å². The zero-order chi connectivity index (χ0) is 32.7. The number of aromatic nitrogens is 1. The summed E-state index contributed by atoms with van der Waals surface area (Å²) in [6, 6.07) is 62.2. The predicted molar refractivity (Wildman–Crippen MR) is 208 cm³/mol. The fraction of sp³-hybridized carbons (Fsp3) is 0.0638. The van der Waals surface area contributed by atoms with Gasteiger partial charge >= 0.3 is 0 Å². The van der Waals surface area contributed by atoms with E-state index in [9.17, 15) is 0 Å². The number of nitrogens with zero attached hydrogens (tertiary/aromatic N) is 2. The molecule has 1 aliphatic rings. The Morgan fingerprint density at radius 2 is 0.939 bits per heavy atom. The van der Waals surface area contributed by atoms with Crippen molar-refractivity contribution < 1.29 is 0 Å². The van der Waals surface area contributed by atoms with Crippen LogP contribution < -0.4 is 4.90 Å². The van der Waals surface area contributed by atoms with Crippen LogP contribution in [0.3, 0.4) is 0 Å². The highest BCUT2D eigenvalue weighted by molar-refractivity contribution is 6.32. The first-order valence-corrected chi connectivity index (χ1v) is 17.1. The zero-order valence-electron chi connectivity index (χ0n) is 27.6. The molecular formula is C47H34N2. The van der Waals surface area contributed by atoms with Gasteiger partial charge in [-0.3, -0.25) is 0 Å². The summed E-state index contributed by atoms with van der Waals surface area (Å²) in [6.07, 6.45) is 0. The van der Waals surface area contributed by atoms with Crippen LogP contribution in [0.4, 0.5) is 17.1 Å². The van der Waals surface area contributed by atoms with Gasteiger partial charge in [-0.1, -0.05) is 129 Å². The third-order valence-corrected chi connectivity index (χ3v) is 10.7. The van der Waals surface area contributed by atoms with Crippen LogP contribution in [0, 0.1) is 0 Å². The number of para-hydroxylation sites is 3. The quantitative estimate of drug-likeness (QED) is 0.176. The molecule has 232 valence electrons. The zero-order valence-corrected chi connectivity index (χ0v) is 27.6. The van der Waals surface area contributed by atoms with Crippen molar-refractivity contribution in [1.82, 2.24) is 4.57 Å². The lowest BCUT2D eigenvalue weighted by atomic mass is 9.82. The maximum absolute atomic E-state index is 2.51. The largest absolute Gasteiger partial charge is 0.310 e. The van der Waals surface area contributed by atoms with Crippen LogP contribution >= 0.6 is 0 Å². The average molecular weight is 627 g/mol. The molecule has 1 aromatic heterocycles. The first kappa shape index (κ1) is 27.9. The van der Waals surface area contributed by atoms with Gasteiger partial charge in [-0.15, -0.1) is 0 Å². The highest BCUT2D eigenvalue weighted by Gasteiger charge is 2.36. The lowest BCUT2D eigenvalue weighted by Gasteiger charge is -2.28. The second-order valence-electron chi connectivity index (χ2n) is 13.8. The maximum atomic E-state index is 2.51. The van der Waals surface area contributed by atoms with E-state index in [2.05, 4.69) is 193 Å². The minimum Gasteiger partial charge on any atom is -0.310 e. The average Bonchev–Trinajstić information content (AvgIpc) is 3.62. The van der Waals surface area contributed by atoms with Crippen molar-refractivity contribution in [2.45, 2.75) is 19.3 Å². The SMILES string of the molecule is CC1(C)c2cc(N(c3ccccc3)c3ccccc3)ccc2-c2ccc(-n3c4ccccc4c4c5ccccc5c5ccccc5c43)cc21. The smallest absolute Gasteiger partial charge is 0.0625 e. The number of rotatable bonds is 4. The van der Waals surface area contributed by atoms with Gasteiger partial charge in [0.1, 0.15) is 0 Å². The normalized spacial score (nSPS) is 13.3. The molecule has 0 spiro atoms. The van der Waals surface area contributed by atoms with E-state index >= 15 is 0 Å². The van der Waals surface area contributed by atoms with Crippen LogP contribution in [0.25, 0.3) is 60.2 Å². The summed E-state index contributed by atoms with van der Waals surface area (Å²) < 4.78 is 2.51.